The normalized spacial score (nSPS) is 19.8. The van der Waals surface area contributed by atoms with Gasteiger partial charge in [0.15, 0.2) is 5.57 Å². The number of rotatable bonds is 2. The number of anilines is 1. The van der Waals surface area contributed by atoms with Crippen LogP contribution < -0.4 is 5.32 Å². The summed E-state index contributed by atoms with van der Waals surface area (Å²) in [5.74, 6) is -1.42. The molecule has 0 aliphatic carbocycles. The summed E-state index contributed by atoms with van der Waals surface area (Å²) in [5.41, 5.74) is 1.99. The first-order chi connectivity index (χ1) is 10.4. The molecule has 1 aromatic carbocycles. The average molecular weight is 319 g/mol. The van der Waals surface area contributed by atoms with Crippen LogP contribution in [0.3, 0.4) is 0 Å². The van der Waals surface area contributed by atoms with E-state index in [1.807, 2.05) is 23.9 Å². The SMILES string of the molecule is CC1(C)OC(=O)C(=CNc2ccc3c(c2)CCCS3)C(=O)O1. The lowest BCUT2D eigenvalue weighted by atomic mass is 10.1. The zero-order valence-electron chi connectivity index (χ0n) is 12.5. The Morgan fingerprint density at radius 3 is 2.68 bits per heavy atom. The van der Waals surface area contributed by atoms with Gasteiger partial charge >= 0.3 is 11.9 Å². The van der Waals surface area contributed by atoms with Crippen LogP contribution >= 0.6 is 11.8 Å². The van der Waals surface area contributed by atoms with Gasteiger partial charge in [-0.1, -0.05) is 0 Å². The summed E-state index contributed by atoms with van der Waals surface area (Å²) in [6.45, 7) is 3.04. The summed E-state index contributed by atoms with van der Waals surface area (Å²) < 4.78 is 10.1. The van der Waals surface area contributed by atoms with Crippen molar-refractivity contribution in [2.24, 2.45) is 0 Å². The van der Waals surface area contributed by atoms with Crippen molar-refractivity contribution >= 4 is 29.4 Å². The lowest BCUT2D eigenvalue weighted by Crippen LogP contribution is -2.42. The van der Waals surface area contributed by atoms with Gasteiger partial charge in [-0.2, -0.15) is 0 Å². The Kier molecular flexibility index (Phi) is 3.87. The van der Waals surface area contributed by atoms with Gasteiger partial charge in [0.1, 0.15) is 0 Å². The van der Waals surface area contributed by atoms with Crippen LogP contribution in [0.4, 0.5) is 5.69 Å². The summed E-state index contributed by atoms with van der Waals surface area (Å²) in [6.07, 6.45) is 3.56. The molecule has 1 fully saturated rings. The Bertz CT molecular complexity index is 644. The summed E-state index contributed by atoms with van der Waals surface area (Å²) in [6, 6.07) is 6.03. The number of esters is 2. The van der Waals surface area contributed by atoms with Crippen molar-refractivity contribution in [3.8, 4) is 0 Å². The number of cyclic esters (lactones) is 2. The van der Waals surface area contributed by atoms with E-state index in [0.29, 0.717) is 0 Å². The fourth-order valence-electron chi connectivity index (χ4n) is 2.38. The monoisotopic (exact) mass is 319 g/mol. The summed E-state index contributed by atoms with van der Waals surface area (Å²) in [7, 11) is 0. The van der Waals surface area contributed by atoms with E-state index < -0.39 is 17.7 Å². The van der Waals surface area contributed by atoms with Crippen molar-refractivity contribution in [3.63, 3.8) is 0 Å². The molecule has 0 bridgehead atoms. The average Bonchev–Trinajstić information content (AvgIpc) is 2.45. The zero-order valence-corrected chi connectivity index (χ0v) is 13.3. The molecule has 0 spiro atoms. The Balaban J connectivity index is 1.76. The molecular formula is C16H17NO4S. The Morgan fingerprint density at radius 1 is 1.23 bits per heavy atom. The number of hydrogen-bond acceptors (Lipinski definition) is 6. The molecule has 5 nitrogen and oxygen atoms in total. The standard InChI is InChI=1S/C16H17NO4S/c1-16(2)20-14(18)12(15(19)21-16)9-17-11-5-6-13-10(8-11)4-3-7-22-13/h5-6,8-9,17H,3-4,7H2,1-2H3. The van der Waals surface area contributed by atoms with Crippen LogP contribution in [0.1, 0.15) is 25.8 Å². The second-order valence-electron chi connectivity index (χ2n) is 5.66. The van der Waals surface area contributed by atoms with Gasteiger partial charge in [0.25, 0.3) is 5.79 Å². The molecule has 3 rings (SSSR count). The highest BCUT2D eigenvalue weighted by atomic mass is 32.2. The third-order valence-electron chi connectivity index (χ3n) is 3.41. The van der Waals surface area contributed by atoms with Gasteiger partial charge in [0, 0.05) is 30.6 Å². The highest BCUT2D eigenvalue weighted by Crippen LogP contribution is 2.32. The number of carbonyl (C=O) groups excluding carboxylic acids is 2. The van der Waals surface area contributed by atoms with Crippen LogP contribution in [0.15, 0.2) is 34.9 Å². The maximum absolute atomic E-state index is 11.8. The molecule has 2 aliphatic heterocycles. The molecule has 1 N–H and O–H groups in total. The van der Waals surface area contributed by atoms with E-state index in [1.165, 1.54) is 30.5 Å². The Hall–Kier alpha value is -1.95. The number of benzene rings is 1. The van der Waals surface area contributed by atoms with Crippen molar-refractivity contribution in [1.29, 1.82) is 0 Å². The van der Waals surface area contributed by atoms with Gasteiger partial charge in [-0.25, -0.2) is 9.59 Å². The molecule has 0 saturated carbocycles. The number of ether oxygens (including phenoxy) is 2. The molecule has 0 amide bonds. The van der Waals surface area contributed by atoms with Gasteiger partial charge < -0.3 is 14.8 Å². The molecule has 1 aromatic rings. The number of carbonyl (C=O) groups is 2. The first-order valence-corrected chi connectivity index (χ1v) is 8.12. The molecule has 2 heterocycles. The Morgan fingerprint density at radius 2 is 1.95 bits per heavy atom. The van der Waals surface area contributed by atoms with Crippen molar-refractivity contribution in [2.45, 2.75) is 37.4 Å². The van der Waals surface area contributed by atoms with E-state index in [2.05, 4.69) is 11.4 Å². The van der Waals surface area contributed by atoms with E-state index in [-0.39, 0.29) is 5.57 Å². The van der Waals surface area contributed by atoms with Gasteiger partial charge in [-0.3, -0.25) is 0 Å². The third kappa shape index (κ3) is 3.11. The van der Waals surface area contributed by atoms with Crippen LogP contribution in [0, 0.1) is 0 Å². The van der Waals surface area contributed by atoms with Crippen molar-refractivity contribution in [3.05, 3.63) is 35.5 Å². The Labute approximate surface area is 133 Å². The van der Waals surface area contributed by atoms with E-state index in [4.69, 9.17) is 9.47 Å². The van der Waals surface area contributed by atoms with Gasteiger partial charge in [-0.15, -0.1) is 11.8 Å². The van der Waals surface area contributed by atoms with Gasteiger partial charge in [-0.05, 0) is 42.4 Å². The quantitative estimate of drug-likeness (QED) is 0.514. The fraction of sp³-hybridized carbons (Fsp3) is 0.375. The lowest BCUT2D eigenvalue weighted by Gasteiger charge is -2.29. The molecule has 0 aromatic heterocycles. The van der Waals surface area contributed by atoms with Gasteiger partial charge in [0.2, 0.25) is 0 Å². The van der Waals surface area contributed by atoms with E-state index >= 15 is 0 Å². The molecule has 0 radical (unpaired) electrons. The van der Waals surface area contributed by atoms with Crippen LogP contribution in [0.5, 0.6) is 0 Å². The number of hydrogen-bond donors (Lipinski definition) is 1. The molecule has 6 heteroatoms. The highest BCUT2D eigenvalue weighted by Gasteiger charge is 2.38. The van der Waals surface area contributed by atoms with E-state index in [0.717, 1.165) is 24.3 Å². The van der Waals surface area contributed by atoms with Crippen LogP contribution in [0.2, 0.25) is 0 Å². The molecular weight excluding hydrogens is 302 g/mol. The summed E-state index contributed by atoms with van der Waals surface area (Å²) in [4.78, 5) is 25.0. The lowest BCUT2D eigenvalue weighted by molar-refractivity contribution is -0.222. The minimum atomic E-state index is -1.21. The van der Waals surface area contributed by atoms with Gasteiger partial charge in [0.05, 0.1) is 0 Å². The first-order valence-electron chi connectivity index (χ1n) is 7.14. The van der Waals surface area contributed by atoms with Crippen molar-refractivity contribution in [2.75, 3.05) is 11.1 Å². The first kappa shape index (κ1) is 15.0. The van der Waals surface area contributed by atoms with E-state index in [9.17, 15) is 9.59 Å². The van der Waals surface area contributed by atoms with Crippen LogP contribution in [0.25, 0.3) is 0 Å². The molecule has 116 valence electrons. The summed E-state index contributed by atoms with van der Waals surface area (Å²) in [5, 5.41) is 2.98. The second-order valence-corrected chi connectivity index (χ2v) is 6.79. The zero-order chi connectivity index (χ0) is 15.7. The number of aryl methyl sites for hydroxylation is 1. The summed E-state index contributed by atoms with van der Waals surface area (Å²) >= 11 is 1.85. The number of nitrogens with one attached hydrogen (secondary N) is 1. The molecule has 0 atom stereocenters. The largest absolute Gasteiger partial charge is 0.419 e. The smallest absolute Gasteiger partial charge is 0.350 e. The van der Waals surface area contributed by atoms with Crippen molar-refractivity contribution in [1.82, 2.24) is 0 Å². The topological polar surface area (TPSA) is 64.6 Å². The maximum atomic E-state index is 11.8. The minimum absolute atomic E-state index is 0.133. The second kappa shape index (κ2) is 5.68. The third-order valence-corrected chi connectivity index (χ3v) is 4.61. The van der Waals surface area contributed by atoms with E-state index in [1.54, 1.807) is 0 Å². The molecule has 2 aliphatic rings. The fourth-order valence-corrected chi connectivity index (χ4v) is 3.40. The number of fused-ring (bicyclic) bond motifs is 1. The minimum Gasteiger partial charge on any atom is -0.419 e. The molecule has 0 unspecified atom stereocenters. The van der Waals surface area contributed by atoms with Crippen molar-refractivity contribution < 1.29 is 19.1 Å². The maximum Gasteiger partial charge on any atom is 0.350 e. The predicted molar refractivity (Wildman–Crippen MR) is 83.5 cm³/mol. The highest BCUT2D eigenvalue weighted by molar-refractivity contribution is 7.99. The number of thioether (sulfide) groups is 1. The predicted octanol–water partition coefficient (Wildman–Crippen LogP) is 2.86. The van der Waals surface area contributed by atoms with Crippen LogP contribution in [-0.2, 0) is 25.5 Å². The van der Waals surface area contributed by atoms with Crippen LogP contribution in [-0.4, -0.2) is 23.5 Å². The molecule has 1 saturated heterocycles. The molecule has 22 heavy (non-hydrogen) atoms.